The topological polar surface area (TPSA) is 61.0 Å². The van der Waals surface area contributed by atoms with Crippen LogP contribution in [0.25, 0.3) is 10.9 Å². The van der Waals surface area contributed by atoms with Gasteiger partial charge in [-0.25, -0.2) is 0 Å². The summed E-state index contributed by atoms with van der Waals surface area (Å²) >= 11 is 0. The Morgan fingerprint density at radius 3 is 3.16 bits per heavy atom. The Morgan fingerprint density at radius 1 is 1.42 bits per heavy atom. The van der Waals surface area contributed by atoms with Gasteiger partial charge in [0.05, 0.1) is 11.7 Å². The van der Waals surface area contributed by atoms with E-state index in [0.29, 0.717) is 17.5 Å². The Balaban J connectivity index is 1.53. The number of piperidine rings is 1. The van der Waals surface area contributed by atoms with Crippen LogP contribution < -0.4 is 5.32 Å². The maximum atomic E-state index is 12.3. The van der Waals surface area contributed by atoms with Crippen molar-refractivity contribution in [1.29, 1.82) is 0 Å². The van der Waals surface area contributed by atoms with Gasteiger partial charge in [-0.05, 0) is 31.0 Å². The number of amides is 1. The normalized spacial score (nSPS) is 28.9. The van der Waals surface area contributed by atoms with Crippen molar-refractivity contribution in [2.75, 3.05) is 19.6 Å². The minimum absolute atomic E-state index is 0.0234. The Kier molecular flexibility index (Phi) is 2.35. The number of aromatic amines is 1. The molecule has 2 fully saturated rings. The number of H-pyrrole nitrogens is 1. The van der Waals surface area contributed by atoms with Gasteiger partial charge in [0, 0.05) is 30.1 Å². The third-order valence-corrected chi connectivity index (χ3v) is 4.35. The van der Waals surface area contributed by atoms with Gasteiger partial charge in [-0.2, -0.15) is 5.10 Å². The van der Waals surface area contributed by atoms with Crippen molar-refractivity contribution in [3.63, 3.8) is 0 Å². The monoisotopic (exact) mass is 256 g/mol. The molecule has 3 heterocycles. The fourth-order valence-corrected chi connectivity index (χ4v) is 3.28. The standard InChI is InChI=1S/C14H16N4O/c19-14(16-13-8-18-4-3-11(13)7-18)9-1-2-10-6-15-17-12(10)5-9/h1-2,5-6,11,13H,3-4,7-8H2,(H,15,17)(H,16,19). The molecule has 19 heavy (non-hydrogen) atoms. The lowest BCUT2D eigenvalue weighted by molar-refractivity contribution is 0.0924. The van der Waals surface area contributed by atoms with Crippen molar-refractivity contribution in [3.8, 4) is 0 Å². The van der Waals surface area contributed by atoms with E-state index in [-0.39, 0.29) is 5.91 Å². The van der Waals surface area contributed by atoms with Gasteiger partial charge in [0.2, 0.25) is 0 Å². The molecule has 3 unspecified atom stereocenters. The van der Waals surface area contributed by atoms with Crippen LogP contribution >= 0.6 is 0 Å². The van der Waals surface area contributed by atoms with Gasteiger partial charge in [-0.3, -0.25) is 9.89 Å². The number of aromatic nitrogens is 2. The summed E-state index contributed by atoms with van der Waals surface area (Å²) in [5.41, 5.74) is 1.61. The van der Waals surface area contributed by atoms with Crippen molar-refractivity contribution in [2.24, 2.45) is 5.92 Å². The van der Waals surface area contributed by atoms with E-state index in [1.165, 1.54) is 13.0 Å². The highest BCUT2D eigenvalue weighted by Crippen LogP contribution is 2.28. The molecule has 2 bridgehead atoms. The van der Waals surface area contributed by atoms with E-state index in [1.54, 1.807) is 6.20 Å². The van der Waals surface area contributed by atoms with Gasteiger partial charge in [0.1, 0.15) is 0 Å². The summed E-state index contributed by atoms with van der Waals surface area (Å²) in [5.74, 6) is 0.662. The Hall–Kier alpha value is -1.88. The number of nitrogens with zero attached hydrogens (tertiary/aromatic N) is 2. The zero-order chi connectivity index (χ0) is 12.8. The SMILES string of the molecule is O=C(NC1CN2CCC1C2)c1ccc2cn[nH]c2c1. The Morgan fingerprint density at radius 2 is 2.37 bits per heavy atom. The summed E-state index contributed by atoms with van der Waals surface area (Å²) in [6.07, 6.45) is 2.98. The predicted molar refractivity (Wildman–Crippen MR) is 71.9 cm³/mol. The fraction of sp³-hybridized carbons (Fsp3) is 0.429. The molecule has 0 spiro atoms. The van der Waals surface area contributed by atoms with E-state index in [4.69, 9.17) is 0 Å². The molecular weight excluding hydrogens is 240 g/mol. The van der Waals surface area contributed by atoms with Crippen LogP contribution in [0.3, 0.4) is 0 Å². The van der Waals surface area contributed by atoms with E-state index >= 15 is 0 Å². The first-order valence-electron chi connectivity index (χ1n) is 6.76. The van der Waals surface area contributed by atoms with Crippen LogP contribution in [0.15, 0.2) is 24.4 Å². The van der Waals surface area contributed by atoms with Crippen molar-refractivity contribution in [1.82, 2.24) is 20.4 Å². The molecule has 1 amide bonds. The van der Waals surface area contributed by atoms with E-state index in [9.17, 15) is 4.79 Å². The van der Waals surface area contributed by atoms with Gasteiger partial charge in [0.25, 0.3) is 5.91 Å². The first-order valence-corrected chi connectivity index (χ1v) is 6.76. The average Bonchev–Trinajstić information content (AvgIpc) is 3.13. The van der Waals surface area contributed by atoms with E-state index in [2.05, 4.69) is 20.4 Å². The highest BCUT2D eigenvalue weighted by atomic mass is 16.1. The first kappa shape index (κ1) is 11.0. The van der Waals surface area contributed by atoms with Gasteiger partial charge < -0.3 is 10.2 Å². The lowest BCUT2D eigenvalue weighted by atomic mass is 9.99. The first-order chi connectivity index (χ1) is 9.29. The molecule has 2 aliphatic heterocycles. The Labute approximate surface area is 111 Å². The fourth-order valence-electron chi connectivity index (χ4n) is 3.28. The van der Waals surface area contributed by atoms with E-state index in [0.717, 1.165) is 24.0 Å². The highest BCUT2D eigenvalue weighted by Gasteiger charge is 2.38. The number of nitrogens with one attached hydrogen (secondary N) is 2. The maximum Gasteiger partial charge on any atom is 0.251 e. The number of carbonyl (C=O) groups is 1. The summed E-state index contributed by atoms with van der Waals surface area (Å²) in [4.78, 5) is 14.7. The van der Waals surface area contributed by atoms with Crippen LogP contribution in [-0.4, -0.2) is 46.7 Å². The molecule has 1 aromatic heterocycles. The van der Waals surface area contributed by atoms with Gasteiger partial charge in [-0.15, -0.1) is 0 Å². The minimum Gasteiger partial charge on any atom is -0.348 e. The third kappa shape index (κ3) is 1.81. The molecule has 3 atom stereocenters. The second-order valence-electron chi connectivity index (χ2n) is 5.56. The van der Waals surface area contributed by atoms with Crippen LogP contribution in [0.2, 0.25) is 0 Å². The smallest absolute Gasteiger partial charge is 0.251 e. The van der Waals surface area contributed by atoms with Gasteiger partial charge in [0.15, 0.2) is 0 Å². The van der Waals surface area contributed by atoms with Crippen molar-refractivity contribution in [3.05, 3.63) is 30.0 Å². The lowest BCUT2D eigenvalue weighted by Gasteiger charge is -2.23. The number of rotatable bonds is 2. The summed E-state index contributed by atoms with van der Waals surface area (Å²) < 4.78 is 0. The molecule has 2 N–H and O–H groups in total. The molecule has 1 aromatic carbocycles. The van der Waals surface area contributed by atoms with Crippen molar-refractivity contribution >= 4 is 16.8 Å². The van der Waals surface area contributed by atoms with Crippen LogP contribution in [0.4, 0.5) is 0 Å². The molecule has 0 aliphatic carbocycles. The molecular formula is C14H16N4O. The van der Waals surface area contributed by atoms with Crippen LogP contribution in [0.1, 0.15) is 16.8 Å². The zero-order valence-electron chi connectivity index (χ0n) is 10.6. The van der Waals surface area contributed by atoms with E-state index < -0.39 is 0 Å². The molecule has 98 valence electrons. The summed E-state index contributed by atoms with van der Waals surface area (Å²) in [6, 6.07) is 5.97. The highest BCUT2D eigenvalue weighted by molar-refractivity contribution is 5.97. The molecule has 5 nitrogen and oxygen atoms in total. The predicted octanol–water partition coefficient (Wildman–Crippen LogP) is 0.997. The second-order valence-corrected chi connectivity index (χ2v) is 5.56. The van der Waals surface area contributed by atoms with Gasteiger partial charge in [-0.1, -0.05) is 6.07 Å². The number of hydrogen-bond donors (Lipinski definition) is 2. The van der Waals surface area contributed by atoms with Crippen LogP contribution in [-0.2, 0) is 0 Å². The van der Waals surface area contributed by atoms with Crippen LogP contribution in [0.5, 0.6) is 0 Å². The summed E-state index contributed by atoms with van der Waals surface area (Å²) in [7, 11) is 0. The number of benzene rings is 1. The second kappa shape index (κ2) is 4.06. The zero-order valence-corrected chi connectivity index (χ0v) is 10.6. The third-order valence-electron chi connectivity index (χ3n) is 4.35. The van der Waals surface area contributed by atoms with E-state index in [1.807, 2.05) is 18.2 Å². The van der Waals surface area contributed by atoms with Crippen molar-refractivity contribution in [2.45, 2.75) is 12.5 Å². The largest absolute Gasteiger partial charge is 0.348 e. The summed E-state index contributed by atoms with van der Waals surface area (Å²) in [6.45, 7) is 3.34. The van der Waals surface area contributed by atoms with Crippen LogP contribution in [0, 0.1) is 5.92 Å². The number of carbonyl (C=O) groups excluding carboxylic acids is 1. The molecule has 5 heteroatoms. The molecule has 0 saturated carbocycles. The number of fused-ring (bicyclic) bond motifs is 3. The molecule has 2 aliphatic rings. The molecule has 2 aromatic rings. The summed E-state index contributed by atoms with van der Waals surface area (Å²) in [5, 5.41) is 11.1. The lowest BCUT2D eigenvalue weighted by Crippen LogP contribution is -2.43. The Bertz CT molecular complexity index is 635. The molecule has 0 radical (unpaired) electrons. The average molecular weight is 256 g/mol. The minimum atomic E-state index is 0.0234. The van der Waals surface area contributed by atoms with Gasteiger partial charge >= 0.3 is 0 Å². The van der Waals surface area contributed by atoms with Crippen molar-refractivity contribution < 1.29 is 4.79 Å². The quantitative estimate of drug-likeness (QED) is 0.842. The molecule has 4 rings (SSSR count). The number of hydrogen-bond acceptors (Lipinski definition) is 3. The molecule has 2 saturated heterocycles. The maximum absolute atomic E-state index is 12.3.